The first-order valence-electron chi connectivity index (χ1n) is 5.90. The Balaban J connectivity index is 2.32. The number of halogens is 3. The molecule has 0 saturated heterocycles. The molecule has 0 bridgehead atoms. The van der Waals surface area contributed by atoms with E-state index in [9.17, 15) is 18.0 Å². The zero-order valence-corrected chi connectivity index (χ0v) is 11.9. The summed E-state index contributed by atoms with van der Waals surface area (Å²) in [6, 6.07) is 6.04. The molecule has 1 atom stereocenters. The molecule has 0 amide bonds. The second-order valence-electron chi connectivity index (χ2n) is 4.33. The van der Waals surface area contributed by atoms with Gasteiger partial charge in [0.25, 0.3) is 0 Å². The van der Waals surface area contributed by atoms with Crippen molar-refractivity contribution in [2.45, 2.75) is 16.0 Å². The third-order valence-electron chi connectivity index (χ3n) is 2.85. The molecule has 0 fully saturated rings. The van der Waals surface area contributed by atoms with Gasteiger partial charge in [-0.15, -0.1) is 10.5 Å². The van der Waals surface area contributed by atoms with Gasteiger partial charge in [0.1, 0.15) is 0 Å². The summed E-state index contributed by atoms with van der Waals surface area (Å²) in [6.45, 7) is 0. The second-order valence-corrected chi connectivity index (χ2v) is 6.05. The number of pyridine rings is 1. The van der Waals surface area contributed by atoms with Gasteiger partial charge in [-0.05, 0) is 30.3 Å². The maximum atomic E-state index is 12.5. The van der Waals surface area contributed by atoms with E-state index in [1.54, 1.807) is 0 Å². The lowest BCUT2D eigenvalue weighted by Gasteiger charge is -2.11. The van der Waals surface area contributed by atoms with Gasteiger partial charge in [0.15, 0.2) is 5.69 Å². The number of carboxylic acid groups (broad SMARTS) is 1. The molecule has 1 aromatic carbocycles. The van der Waals surface area contributed by atoms with Crippen LogP contribution < -0.4 is 5.73 Å². The number of hydrogen-bond acceptors (Lipinski definition) is 3. The van der Waals surface area contributed by atoms with Crippen molar-refractivity contribution in [3.63, 3.8) is 0 Å². The number of aromatic nitrogens is 1. The minimum atomic E-state index is -4.40. The van der Waals surface area contributed by atoms with Crippen molar-refractivity contribution in [1.82, 2.24) is 4.98 Å². The first kappa shape index (κ1) is 16.0. The number of carbonyl (C=O) groups is 1. The van der Waals surface area contributed by atoms with Gasteiger partial charge in [-0.3, -0.25) is 0 Å². The Bertz CT molecular complexity index is 743. The summed E-state index contributed by atoms with van der Waals surface area (Å²) in [5.74, 6) is 2.64. The Morgan fingerprint density at radius 3 is 2.27 bits per heavy atom. The zero-order valence-electron chi connectivity index (χ0n) is 11.1. The summed E-state index contributed by atoms with van der Waals surface area (Å²) < 4.78 is 37.6. The molecular formula is C14H11F3N2O2S. The van der Waals surface area contributed by atoms with Crippen molar-refractivity contribution < 1.29 is 23.1 Å². The molecule has 2 aromatic rings. The van der Waals surface area contributed by atoms with Gasteiger partial charge >= 0.3 is 12.1 Å². The third-order valence-corrected chi connectivity index (χ3v) is 4.48. The van der Waals surface area contributed by atoms with Crippen LogP contribution in [0.2, 0.25) is 0 Å². The van der Waals surface area contributed by atoms with E-state index in [1.807, 2.05) is 0 Å². The standard InChI is InChI=1S/C14H11F3N2O2S/c1-22(9-4-2-8(3-5-9)14(15,16)17)10-6-11(18)12(13(20)21)19-7-10/h2-7H,1,18H2,(H,20,21). The number of nitrogens with two attached hydrogens (primary N) is 1. The fourth-order valence-corrected chi connectivity index (χ4v) is 2.91. The van der Waals surface area contributed by atoms with Crippen LogP contribution in [0.15, 0.2) is 46.3 Å². The molecule has 2 rings (SSSR count). The smallest absolute Gasteiger partial charge is 0.416 e. The third kappa shape index (κ3) is 3.28. The predicted molar refractivity (Wildman–Crippen MR) is 78.3 cm³/mol. The maximum Gasteiger partial charge on any atom is 0.416 e. The largest absolute Gasteiger partial charge is 0.476 e. The Labute approximate surface area is 126 Å². The average molecular weight is 328 g/mol. The van der Waals surface area contributed by atoms with Crippen LogP contribution >= 0.6 is 10.5 Å². The van der Waals surface area contributed by atoms with Crippen molar-refractivity contribution >= 4 is 28.0 Å². The molecule has 4 nitrogen and oxygen atoms in total. The molecule has 0 radical (unpaired) electrons. The average Bonchev–Trinajstić information content (AvgIpc) is 2.45. The molecule has 22 heavy (non-hydrogen) atoms. The predicted octanol–water partition coefficient (Wildman–Crippen LogP) is 3.50. The quantitative estimate of drug-likeness (QED) is 0.846. The number of benzene rings is 1. The van der Waals surface area contributed by atoms with Crippen LogP contribution in [0.3, 0.4) is 0 Å². The summed E-state index contributed by atoms with van der Waals surface area (Å²) >= 11 is 0. The van der Waals surface area contributed by atoms with E-state index in [4.69, 9.17) is 10.8 Å². The summed E-state index contributed by atoms with van der Waals surface area (Å²) in [7, 11) is -0.816. The van der Waals surface area contributed by atoms with Gasteiger partial charge in [0.2, 0.25) is 0 Å². The van der Waals surface area contributed by atoms with Crippen molar-refractivity contribution in [3.05, 3.63) is 47.8 Å². The maximum absolute atomic E-state index is 12.5. The minimum Gasteiger partial charge on any atom is -0.476 e. The number of nitrogen functional groups attached to an aromatic ring is 1. The van der Waals surface area contributed by atoms with Crippen LogP contribution in [0.25, 0.3) is 0 Å². The van der Waals surface area contributed by atoms with Gasteiger partial charge in [-0.2, -0.15) is 13.2 Å². The fourth-order valence-electron chi connectivity index (χ4n) is 1.72. The van der Waals surface area contributed by atoms with Gasteiger partial charge in [-0.1, -0.05) is 5.87 Å². The number of aromatic carboxylic acids is 1. The number of hydrogen-bond donors (Lipinski definition) is 2. The van der Waals surface area contributed by atoms with E-state index in [-0.39, 0.29) is 11.4 Å². The molecule has 0 aliphatic rings. The summed E-state index contributed by atoms with van der Waals surface area (Å²) in [6.07, 6.45) is -3.08. The molecule has 1 heterocycles. The Morgan fingerprint density at radius 1 is 1.23 bits per heavy atom. The van der Waals surface area contributed by atoms with Crippen LogP contribution in [-0.4, -0.2) is 21.9 Å². The normalized spacial score (nSPS) is 12.9. The molecule has 8 heteroatoms. The van der Waals surface area contributed by atoms with Crippen molar-refractivity contribution in [1.29, 1.82) is 0 Å². The lowest BCUT2D eigenvalue weighted by Crippen LogP contribution is -2.05. The monoisotopic (exact) mass is 328 g/mol. The molecule has 1 unspecified atom stereocenters. The minimum absolute atomic E-state index is 0.0157. The summed E-state index contributed by atoms with van der Waals surface area (Å²) in [5.41, 5.74) is 4.57. The molecule has 0 spiro atoms. The second kappa shape index (κ2) is 5.80. The van der Waals surface area contributed by atoms with Crippen LogP contribution in [0.4, 0.5) is 18.9 Å². The van der Waals surface area contributed by atoms with Crippen molar-refractivity contribution in [2.24, 2.45) is 0 Å². The Kier molecular flexibility index (Phi) is 4.23. The molecule has 1 aromatic heterocycles. The summed E-state index contributed by atoms with van der Waals surface area (Å²) in [5, 5.41) is 8.86. The van der Waals surface area contributed by atoms with E-state index < -0.39 is 28.2 Å². The van der Waals surface area contributed by atoms with Gasteiger partial charge in [0.05, 0.1) is 11.3 Å². The molecule has 0 aliphatic carbocycles. The Morgan fingerprint density at radius 2 is 1.82 bits per heavy atom. The zero-order chi connectivity index (χ0) is 16.5. The number of alkyl halides is 3. The highest BCUT2D eigenvalue weighted by atomic mass is 32.2. The van der Waals surface area contributed by atoms with E-state index in [2.05, 4.69) is 10.9 Å². The molecular weight excluding hydrogens is 317 g/mol. The van der Waals surface area contributed by atoms with Crippen LogP contribution in [0.5, 0.6) is 0 Å². The van der Waals surface area contributed by atoms with E-state index in [1.165, 1.54) is 24.4 Å². The molecule has 3 N–H and O–H groups in total. The highest BCUT2D eigenvalue weighted by Crippen LogP contribution is 2.37. The van der Waals surface area contributed by atoms with Gasteiger partial charge in [-0.25, -0.2) is 9.78 Å². The van der Waals surface area contributed by atoms with E-state index >= 15 is 0 Å². The number of anilines is 1. The van der Waals surface area contributed by atoms with Gasteiger partial charge < -0.3 is 10.8 Å². The highest BCUT2D eigenvalue weighted by molar-refractivity contribution is 8.14. The topological polar surface area (TPSA) is 76.2 Å². The fraction of sp³-hybridized carbons (Fsp3) is 0.0714. The lowest BCUT2D eigenvalue weighted by atomic mass is 10.2. The van der Waals surface area contributed by atoms with Crippen molar-refractivity contribution in [2.75, 3.05) is 5.73 Å². The molecule has 0 saturated carbocycles. The van der Waals surface area contributed by atoms with Crippen LogP contribution in [-0.2, 0) is 6.18 Å². The lowest BCUT2D eigenvalue weighted by molar-refractivity contribution is -0.137. The molecule has 0 aliphatic heterocycles. The van der Waals surface area contributed by atoms with Gasteiger partial charge in [0, 0.05) is 16.0 Å². The Hall–Kier alpha value is -2.35. The first-order chi connectivity index (χ1) is 10.2. The summed E-state index contributed by atoms with van der Waals surface area (Å²) in [4.78, 5) is 15.7. The van der Waals surface area contributed by atoms with Crippen LogP contribution in [0, 0.1) is 0 Å². The highest BCUT2D eigenvalue weighted by Gasteiger charge is 2.30. The first-order valence-corrected chi connectivity index (χ1v) is 7.29. The van der Waals surface area contributed by atoms with Crippen molar-refractivity contribution in [3.8, 4) is 0 Å². The molecule has 116 valence electrons. The number of nitrogens with zero attached hydrogens (tertiary/aromatic N) is 1. The van der Waals surface area contributed by atoms with E-state index in [0.29, 0.717) is 9.79 Å². The number of carboxylic acids is 1. The number of rotatable bonds is 3. The van der Waals surface area contributed by atoms with Crippen LogP contribution in [0.1, 0.15) is 16.1 Å². The SMILES string of the molecule is C=S(c1ccc(C(F)(F)F)cc1)c1cnc(C(=O)O)c(N)c1. The van der Waals surface area contributed by atoms with E-state index in [0.717, 1.165) is 12.1 Å².